The number of rotatable bonds is 6. The predicted molar refractivity (Wildman–Crippen MR) is 86.2 cm³/mol. The molecule has 1 heterocycles. The van der Waals surface area contributed by atoms with Crippen LogP contribution in [0, 0.1) is 0 Å². The summed E-state index contributed by atoms with van der Waals surface area (Å²) in [5, 5.41) is 3.45. The summed E-state index contributed by atoms with van der Waals surface area (Å²) in [4.78, 5) is 0. The van der Waals surface area contributed by atoms with Crippen LogP contribution in [0.25, 0.3) is 0 Å². The molecular weight excluding hydrogens is 262 g/mol. The van der Waals surface area contributed by atoms with Crippen LogP contribution < -0.4 is 5.32 Å². The second-order valence-corrected chi connectivity index (χ2v) is 6.52. The van der Waals surface area contributed by atoms with E-state index in [1.165, 1.54) is 11.1 Å². The molecule has 1 fully saturated rings. The second kappa shape index (κ2) is 7.92. The Morgan fingerprint density at radius 3 is 2.52 bits per heavy atom. The molecule has 0 spiro atoms. The van der Waals surface area contributed by atoms with Crippen molar-refractivity contribution in [2.24, 2.45) is 0 Å². The maximum Gasteiger partial charge on any atom is 0.0720 e. The van der Waals surface area contributed by atoms with E-state index in [9.17, 15) is 0 Å². The van der Waals surface area contributed by atoms with Gasteiger partial charge in [0.25, 0.3) is 0 Å². The molecule has 1 aliphatic rings. The molecule has 0 bridgehead atoms. The lowest BCUT2D eigenvalue weighted by Gasteiger charge is -2.32. The topological polar surface area (TPSA) is 30.5 Å². The molecule has 2 atom stereocenters. The van der Waals surface area contributed by atoms with Crippen molar-refractivity contribution in [3.8, 4) is 0 Å². The summed E-state index contributed by atoms with van der Waals surface area (Å²) >= 11 is 0. The van der Waals surface area contributed by atoms with Crippen LogP contribution in [-0.2, 0) is 22.6 Å². The quantitative estimate of drug-likeness (QED) is 0.867. The lowest BCUT2D eigenvalue weighted by molar-refractivity contribution is -0.106. The zero-order valence-electron chi connectivity index (χ0n) is 13.8. The van der Waals surface area contributed by atoms with Crippen molar-refractivity contribution in [2.45, 2.75) is 78.0 Å². The molecule has 1 aliphatic heterocycles. The molecule has 0 amide bonds. The van der Waals surface area contributed by atoms with E-state index in [1.807, 2.05) is 0 Å². The molecule has 1 N–H and O–H groups in total. The van der Waals surface area contributed by atoms with Crippen LogP contribution in [0.5, 0.6) is 0 Å². The SMILES string of the molecule is CC(C)NCc1cccc(COC2CC(C)OC(C)C2)c1. The molecule has 2 unspecified atom stereocenters. The Balaban J connectivity index is 1.83. The number of nitrogens with one attached hydrogen (secondary N) is 1. The van der Waals surface area contributed by atoms with Crippen LogP contribution in [-0.4, -0.2) is 24.4 Å². The van der Waals surface area contributed by atoms with E-state index in [-0.39, 0.29) is 0 Å². The highest BCUT2D eigenvalue weighted by atomic mass is 16.5. The molecule has 3 heteroatoms. The van der Waals surface area contributed by atoms with E-state index < -0.39 is 0 Å². The molecule has 118 valence electrons. The van der Waals surface area contributed by atoms with Crippen molar-refractivity contribution in [3.63, 3.8) is 0 Å². The molecule has 1 aromatic carbocycles. The largest absolute Gasteiger partial charge is 0.375 e. The molecule has 1 saturated heterocycles. The molecule has 2 rings (SSSR count). The van der Waals surface area contributed by atoms with Gasteiger partial charge in [-0.05, 0) is 37.8 Å². The van der Waals surface area contributed by atoms with Gasteiger partial charge in [0, 0.05) is 12.6 Å². The van der Waals surface area contributed by atoms with Gasteiger partial charge in [0.1, 0.15) is 0 Å². The lowest BCUT2D eigenvalue weighted by Crippen LogP contribution is -2.34. The van der Waals surface area contributed by atoms with Gasteiger partial charge < -0.3 is 14.8 Å². The molecule has 21 heavy (non-hydrogen) atoms. The third-order valence-electron chi connectivity index (χ3n) is 3.85. The Bertz CT molecular complexity index is 423. The number of hydrogen-bond donors (Lipinski definition) is 1. The van der Waals surface area contributed by atoms with Crippen LogP contribution in [0.3, 0.4) is 0 Å². The summed E-state index contributed by atoms with van der Waals surface area (Å²) in [5.41, 5.74) is 2.57. The van der Waals surface area contributed by atoms with Gasteiger partial charge in [-0.2, -0.15) is 0 Å². The van der Waals surface area contributed by atoms with Crippen molar-refractivity contribution in [2.75, 3.05) is 0 Å². The minimum Gasteiger partial charge on any atom is -0.375 e. The zero-order chi connectivity index (χ0) is 15.2. The van der Waals surface area contributed by atoms with Crippen LogP contribution in [0.15, 0.2) is 24.3 Å². The van der Waals surface area contributed by atoms with E-state index in [2.05, 4.69) is 57.3 Å². The van der Waals surface area contributed by atoms with Gasteiger partial charge in [0.05, 0.1) is 24.9 Å². The van der Waals surface area contributed by atoms with Gasteiger partial charge in [0.2, 0.25) is 0 Å². The maximum atomic E-state index is 6.09. The van der Waals surface area contributed by atoms with E-state index in [0.29, 0.717) is 31.0 Å². The third-order valence-corrected chi connectivity index (χ3v) is 3.85. The van der Waals surface area contributed by atoms with Crippen LogP contribution in [0.4, 0.5) is 0 Å². The van der Waals surface area contributed by atoms with Gasteiger partial charge in [-0.25, -0.2) is 0 Å². The standard InChI is InChI=1S/C18H29NO2/c1-13(2)19-11-16-6-5-7-17(10-16)12-20-18-8-14(3)21-15(4)9-18/h5-7,10,13-15,18-19H,8-9,11-12H2,1-4H3. The average Bonchev–Trinajstić information content (AvgIpc) is 2.42. The Morgan fingerprint density at radius 1 is 1.19 bits per heavy atom. The Labute approximate surface area is 129 Å². The fraction of sp³-hybridized carbons (Fsp3) is 0.667. The fourth-order valence-electron chi connectivity index (χ4n) is 2.85. The van der Waals surface area contributed by atoms with Crippen LogP contribution in [0.1, 0.15) is 51.7 Å². The minimum absolute atomic E-state index is 0.306. The minimum atomic E-state index is 0.306. The van der Waals surface area contributed by atoms with Crippen molar-refractivity contribution >= 4 is 0 Å². The van der Waals surface area contributed by atoms with Crippen molar-refractivity contribution in [1.29, 1.82) is 0 Å². The monoisotopic (exact) mass is 291 g/mol. The molecule has 3 nitrogen and oxygen atoms in total. The Kier molecular flexibility index (Phi) is 6.22. The van der Waals surface area contributed by atoms with Crippen molar-refractivity contribution < 1.29 is 9.47 Å². The Hall–Kier alpha value is -0.900. The van der Waals surface area contributed by atoms with Gasteiger partial charge in [0.15, 0.2) is 0 Å². The van der Waals surface area contributed by atoms with Gasteiger partial charge >= 0.3 is 0 Å². The molecule has 0 radical (unpaired) electrons. The van der Waals surface area contributed by atoms with Crippen LogP contribution >= 0.6 is 0 Å². The van der Waals surface area contributed by atoms with Crippen LogP contribution in [0.2, 0.25) is 0 Å². The highest BCUT2D eigenvalue weighted by molar-refractivity contribution is 5.22. The lowest BCUT2D eigenvalue weighted by atomic mass is 10.0. The number of benzene rings is 1. The first-order chi connectivity index (χ1) is 10.0. The smallest absolute Gasteiger partial charge is 0.0720 e. The van der Waals surface area contributed by atoms with E-state index in [0.717, 1.165) is 19.4 Å². The first-order valence-electron chi connectivity index (χ1n) is 8.11. The normalized spacial score (nSPS) is 26.2. The molecular formula is C18H29NO2. The van der Waals surface area contributed by atoms with Gasteiger partial charge in [-0.3, -0.25) is 0 Å². The van der Waals surface area contributed by atoms with E-state index in [1.54, 1.807) is 0 Å². The highest BCUT2D eigenvalue weighted by Crippen LogP contribution is 2.22. The van der Waals surface area contributed by atoms with Gasteiger partial charge in [-0.15, -0.1) is 0 Å². The first-order valence-corrected chi connectivity index (χ1v) is 8.11. The Morgan fingerprint density at radius 2 is 1.86 bits per heavy atom. The second-order valence-electron chi connectivity index (χ2n) is 6.52. The first kappa shape index (κ1) is 16.5. The summed E-state index contributed by atoms with van der Waals surface area (Å²) in [5.74, 6) is 0. The summed E-state index contributed by atoms with van der Waals surface area (Å²) in [7, 11) is 0. The summed E-state index contributed by atoms with van der Waals surface area (Å²) in [6, 6.07) is 9.17. The van der Waals surface area contributed by atoms with Crippen molar-refractivity contribution in [1.82, 2.24) is 5.32 Å². The summed E-state index contributed by atoms with van der Waals surface area (Å²) in [6.07, 6.45) is 2.93. The average molecular weight is 291 g/mol. The van der Waals surface area contributed by atoms with E-state index >= 15 is 0 Å². The highest BCUT2D eigenvalue weighted by Gasteiger charge is 2.24. The number of ether oxygens (including phenoxy) is 2. The number of hydrogen-bond acceptors (Lipinski definition) is 3. The molecule has 0 saturated carbocycles. The maximum absolute atomic E-state index is 6.09. The fourth-order valence-corrected chi connectivity index (χ4v) is 2.85. The molecule has 1 aromatic rings. The third kappa shape index (κ3) is 5.77. The molecule has 0 aromatic heterocycles. The van der Waals surface area contributed by atoms with Gasteiger partial charge in [-0.1, -0.05) is 38.1 Å². The molecule has 0 aliphatic carbocycles. The summed E-state index contributed by atoms with van der Waals surface area (Å²) < 4.78 is 11.8. The van der Waals surface area contributed by atoms with E-state index in [4.69, 9.17) is 9.47 Å². The summed E-state index contributed by atoms with van der Waals surface area (Å²) in [6.45, 7) is 10.2. The predicted octanol–water partition coefficient (Wildman–Crippen LogP) is 3.66. The van der Waals surface area contributed by atoms with Crippen molar-refractivity contribution in [3.05, 3.63) is 35.4 Å². The zero-order valence-corrected chi connectivity index (χ0v) is 13.8.